The van der Waals surface area contributed by atoms with Crippen LogP contribution in [0.15, 0.2) is 34.4 Å². The van der Waals surface area contributed by atoms with Crippen molar-refractivity contribution in [1.29, 1.82) is 0 Å². The van der Waals surface area contributed by atoms with Crippen molar-refractivity contribution in [3.8, 4) is 0 Å². The normalized spacial score (nSPS) is 10.5. The van der Waals surface area contributed by atoms with Crippen LogP contribution in [0.1, 0.15) is 5.69 Å². The van der Waals surface area contributed by atoms with Crippen molar-refractivity contribution in [2.24, 2.45) is 0 Å². The number of nitrogen functional groups attached to an aromatic ring is 1. The second-order valence-corrected chi connectivity index (χ2v) is 5.19. The van der Waals surface area contributed by atoms with Crippen LogP contribution in [0.2, 0.25) is 10.0 Å². The zero-order valence-electron chi connectivity index (χ0n) is 8.95. The number of benzene rings is 1. The lowest BCUT2D eigenvalue weighted by Gasteiger charge is -2.06. The predicted molar refractivity (Wildman–Crippen MR) is 71.8 cm³/mol. The Hall–Kier alpha value is -0.970. The van der Waals surface area contributed by atoms with Crippen LogP contribution in [0.4, 0.5) is 5.69 Å². The molecule has 1 aromatic carbocycles. The Morgan fingerprint density at radius 1 is 1.24 bits per heavy atom. The van der Waals surface area contributed by atoms with E-state index in [1.807, 2.05) is 13.0 Å². The van der Waals surface area contributed by atoms with Crippen molar-refractivity contribution in [2.75, 3.05) is 5.73 Å². The molecular weight excluding hydrogens is 277 g/mol. The quantitative estimate of drug-likeness (QED) is 0.673. The maximum Gasteiger partial charge on any atom is 0.192 e. The van der Waals surface area contributed by atoms with Crippen LogP contribution in [0.5, 0.6) is 0 Å². The Bertz CT molecular complexity index is 537. The molecule has 0 saturated heterocycles. The van der Waals surface area contributed by atoms with Crippen molar-refractivity contribution < 1.29 is 0 Å². The molecule has 2 rings (SSSR count). The molecule has 0 fully saturated rings. The number of rotatable bonds is 2. The van der Waals surface area contributed by atoms with Gasteiger partial charge in [-0.1, -0.05) is 23.2 Å². The van der Waals surface area contributed by atoms with E-state index in [-0.39, 0.29) is 0 Å². The molecule has 1 heterocycles. The fourth-order valence-electron chi connectivity index (χ4n) is 1.24. The second-order valence-electron chi connectivity index (χ2n) is 3.40. The molecule has 0 saturated carbocycles. The third-order valence-corrected chi connectivity index (χ3v) is 3.83. The van der Waals surface area contributed by atoms with Crippen molar-refractivity contribution in [3.63, 3.8) is 0 Å². The molecule has 0 bridgehead atoms. The van der Waals surface area contributed by atoms with Gasteiger partial charge in [0.1, 0.15) is 0 Å². The highest BCUT2D eigenvalue weighted by Gasteiger charge is 2.10. The van der Waals surface area contributed by atoms with Crippen LogP contribution < -0.4 is 5.73 Å². The monoisotopic (exact) mass is 285 g/mol. The zero-order chi connectivity index (χ0) is 12.4. The highest BCUT2D eigenvalue weighted by molar-refractivity contribution is 7.99. The molecule has 2 aromatic rings. The lowest BCUT2D eigenvalue weighted by Crippen LogP contribution is -1.90. The summed E-state index contributed by atoms with van der Waals surface area (Å²) in [7, 11) is 0. The average molecular weight is 286 g/mol. The van der Waals surface area contributed by atoms with Crippen LogP contribution in [0, 0.1) is 6.92 Å². The van der Waals surface area contributed by atoms with E-state index >= 15 is 0 Å². The minimum Gasteiger partial charge on any atom is -0.399 e. The summed E-state index contributed by atoms with van der Waals surface area (Å²) in [5, 5.41) is 1.62. The Labute approximate surface area is 113 Å². The molecule has 0 radical (unpaired) electrons. The van der Waals surface area contributed by atoms with Gasteiger partial charge in [0.15, 0.2) is 5.16 Å². The Balaban J connectivity index is 2.36. The van der Waals surface area contributed by atoms with Crippen LogP contribution in [0.3, 0.4) is 0 Å². The van der Waals surface area contributed by atoms with Gasteiger partial charge in [0, 0.05) is 17.6 Å². The number of aryl methyl sites for hydroxylation is 1. The van der Waals surface area contributed by atoms with Crippen molar-refractivity contribution >= 4 is 40.7 Å². The molecule has 17 heavy (non-hydrogen) atoms. The number of halogens is 2. The van der Waals surface area contributed by atoms with Crippen molar-refractivity contribution in [1.82, 2.24) is 9.97 Å². The Morgan fingerprint density at radius 2 is 1.88 bits per heavy atom. The largest absolute Gasteiger partial charge is 0.399 e. The first-order valence-electron chi connectivity index (χ1n) is 4.78. The van der Waals surface area contributed by atoms with Gasteiger partial charge in [0.05, 0.1) is 14.9 Å². The summed E-state index contributed by atoms with van der Waals surface area (Å²) in [5.74, 6) is 0. The molecule has 0 aliphatic carbocycles. The Kier molecular flexibility index (Phi) is 3.76. The van der Waals surface area contributed by atoms with Gasteiger partial charge >= 0.3 is 0 Å². The highest BCUT2D eigenvalue weighted by Crippen LogP contribution is 2.38. The molecule has 0 unspecified atom stereocenters. The van der Waals surface area contributed by atoms with Gasteiger partial charge in [-0.15, -0.1) is 0 Å². The maximum atomic E-state index is 6.08. The first-order valence-corrected chi connectivity index (χ1v) is 6.35. The van der Waals surface area contributed by atoms with Gasteiger partial charge < -0.3 is 5.73 Å². The van der Waals surface area contributed by atoms with E-state index in [0.717, 1.165) is 5.69 Å². The topological polar surface area (TPSA) is 51.8 Å². The fraction of sp³-hybridized carbons (Fsp3) is 0.0909. The first kappa shape index (κ1) is 12.5. The number of anilines is 1. The fourth-order valence-corrected chi connectivity index (χ4v) is 2.78. The summed E-state index contributed by atoms with van der Waals surface area (Å²) in [6, 6.07) is 5.15. The number of hydrogen-bond acceptors (Lipinski definition) is 4. The molecular formula is C11H9Cl2N3S. The molecule has 1 aromatic heterocycles. The molecule has 0 spiro atoms. The number of hydrogen-bond donors (Lipinski definition) is 1. The molecule has 2 N–H and O–H groups in total. The lowest BCUT2D eigenvalue weighted by atomic mass is 10.3. The molecule has 6 heteroatoms. The minimum atomic E-state index is 0.505. The van der Waals surface area contributed by atoms with E-state index in [1.165, 1.54) is 11.8 Å². The first-order chi connectivity index (χ1) is 8.06. The van der Waals surface area contributed by atoms with E-state index in [9.17, 15) is 0 Å². The minimum absolute atomic E-state index is 0.505. The number of nitrogens with two attached hydrogens (primary N) is 1. The second kappa shape index (κ2) is 5.12. The summed E-state index contributed by atoms with van der Waals surface area (Å²) >= 11 is 13.5. The SMILES string of the molecule is Cc1ccnc(Sc2c(Cl)cc(N)cc2Cl)n1. The Morgan fingerprint density at radius 3 is 2.47 bits per heavy atom. The summed E-state index contributed by atoms with van der Waals surface area (Å²) in [4.78, 5) is 9.14. The standard InChI is InChI=1S/C11H9Cl2N3S/c1-6-2-3-15-11(16-6)17-10-8(12)4-7(14)5-9(10)13/h2-5H,14H2,1H3. The van der Waals surface area contributed by atoms with E-state index in [2.05, 4.69) is 9.97 Å². The zero-order valence-corrected chi connectivity index (χ0v) is 11.3. The molecule has 3 nitrogen and oxygen atoms in total. The van der Waals surface area contributed by atoms with Crippen LogP contribution in [0.25, 0.3) is 0 Å². The van der Waals surface area contributed by atoms with Crippen molar-refractivity contribution in [3.05, 3.63) is 40.1 Å². The van der Waals surface area contributed by atoms with Gasteiger partial charge in [0.2, 0.25) is 0 Å². The van der Waals surface area contributed by atoms with E-state index < -0.39 is 0 Å². The average Bonchev–Trinajstić information content (AvgIpc) is 2.23. The van der Waals surface area contributed by atoms with Gasteiger partial charge in [-0.05, 0) is 36.9 Å². The van der Waals surface area contributed by atoms with Crippen LogP contribution in [-0.4, -0.2) is 9.97 Å². The van der Waals surface area contributed by atoms with Crippen LogP contribution in [-0.2, 0) is 0 Å². The third kappa shape index (κ3) is 3.03. The van der Waals surface area contributed by atoms with E-state index in [0.29, 0.717) is 25.8 Å². The molecule has 0 atom stereocenters. The van der Waals surface area contributed by atoms with Crippen LogP contribution >= 0.6 is 35.0 Å². The van der Waals surface area contributed by atoms with Gasteiger partial charge in [-0.25, -0.2) is 9.97 Å². The van der Waals surface area contributed by atoms with Gasteiger partial charge in [0.25, 0.3) is 0 Å². The summed E-state index contributed by atoms with van der Waals surface area (Å²) in [6.45, 7) is 1.90. The molecule has 88 valence electrons. The number of nitrogens with zero attached hydrogens (tertiary/aromatic N) is 2. The maximum absolute atomic E-state index is 6.08. The predicted octanol–water partition coefficient (Wildman–Crippen LogP) is 3.83. The van der Waals surface area contributed by atoms with Gasteiger partial charge in [-0.3, -0.25) is 0 Å². The van der Waals surface area contributed by atoms with E-state index in [4.69, 9.17) is 28.9 Å². The lowest BCUT2D eigenvalue weighted by molar-refractivity contribution is 0.932. The molecule has 0 aliphatic rings. The van der Waals surface area contributed by atoms with E-state index in [1.54, 1.807) is 18.3 Å². The van der Waals surface area contributed by atoms with Crippen molar-refractivity contribution in [2.45, 2.75) is 17.0 Å². The molecule has 0 amide bonds. The summed E-state index contributed by atoms with van der Waals surface area (Å²) < 4.78 is 0. The third-order valence-electron chi connectivity index (χ3n) is 1.99. The highest BCUT2D eigenvalue weighted by atomic mass is 35.5. The number of aromatic nitrogens is 2. The summed E-state index contributed by atoms with van der Waals surface area (Å²) in [6.07, 6.45) is 1.70. The van der Waals surface area contributed by atoms with Gasteiger partial charge in [-0.2, -0.15) is 0 Å². The summed E-state index contributed by atoms with van der Waals surface area (Å²) in [5.41, 5.74) is 7.07. The smallest absolute Gasteiger partial charge is 0.192 e. The molecule has 0 aliphatic heterocycles.